The molecule has 0 spiro atoms. The first-order valence-corrected chi connectivity index (χ1v) is 12.6. The van der Waals surface area contributed by atoms with Crippen LogP contribution in [-0.4, -0.2) is 47.3 Å². The molecule has 1 unspecified atom stereocenters. The summed E-state index contributed by atoms with van der Waals surface area (Å²) in [6, 6.07) is 21.1. The van der Waals surface area contributed by atoms with Crippen LogP contribution in [0.4, 0.5) is 5.69 Å². The van der Waals surface area contributed by atoms with Gasteiger partial charge in [-0.1, -0.05) is 54.6 Å². The number of amides is 3. The van der Waals surface area contributed by atoms with Gasteiger partial charge in [0.1, 0.15) is 6.04 Å². The summed E-state index contributed by atoms with van der Waals surface area (Å²) in [5, 5.41) is 5.02. The molecule has 36 heavy (non-hydrogen) atoms. The Hall–Kier alpha value is -3.67. The van der Waals surface area contributed by atoms with E-state index in [2.05, 4.69) is 5.32 Å². The van der Waals surface area contributed by atoms with E-state index in [1.807, 2.05) is 87.5 Å². The van der Waals surface area contributed by atoms with E-state index in [9.17, 15) is 14.4 Å². The zero-order valence-electron chi connectivity index (χ0n) is 21.6. The highest BCUT2D eigenvalue weighted by molar-refractivity contribution is 6.25. The lowest BCUT2D eigenvalue weighted by Gasteiger charge is -2.31. The zero-order chi connectivity index (χ0) is 25.9. The van der Waals surface area contributed by atoms with Gasteiger partial charge in [0.15, 0.2) is 0 Å². The molecule has 1 heterocycles. The maximum Gasteiger partial charge on any atom is 0.258 e. The first kappa shape index (κ1) is 25.4. The lowest BCUT2D eigenvalue weighted by molar-refractivity contribution is -0.140. The van der Waals surface area contributed by atoms with Crippen molar-refractivity contribution >= 4 is 34.2 Å². The maximum atomic E-state index is 13.4. The van der Waals surface area contributed by atoms with Gasteiger partial charge >= 0.3 is 0 Å². The number of rotatable bonds is 9. The Balaban J connectivity index is 1.43. The Labute approximate surface area is 213 Å². The molecule has 3 amide bonds. The number of hydrogen-bond donors (Lipinski definition) is 1. The average Bonchev–Trinajstić information content (AvgIpc) is 3.12. The third kappa shape index (κ3) is 5.59. The number of anilines is 1. The van der Waals surface area contributed by atoms with Crippen LogP contribution < -0.4 is 10.2 Å². The molecule has 6 heteroatoms. The quantitative estimate of drug-likeness (QED) is 0.466. The van der Waals surface area contributed by atoms with Crippen molar-refractivity contribution in [1.82, 2.24) is 10.2 Å². The molecule has 0 saturated heterocycles. The lowest BCUT2D eigenvalue weighted by Crippen LogP contribution is -2.53. The normalized spacial score (nSPS) is 13.7. The number of nitrogens with one attached hydrogen (secondary N) is 1. The van der Waals surface area contributed by atoms with E-state index >= 15 is 0 Å². The van der Waals surface area contributed by atoms with Gasteiger partial charge in [-0.15, -0.1) is 0 Å². The highest BCUT2D eigenvalue weighted by Gasteiger charge is 2.31. The molecule has 6 nitrogen and oxygen atoms in total. The predicted molar refractivity (Wildman–Crippen MR) is 144 cm³/mol. The molecule has 0 aromatic heterocycles. The Bertz CT molecular complexity index is 1260. The zero-order valence-corrected chi connectivity index (χ0v) is 21.6. The predicted octanol–water partition coefficient (Wildman–Crippen LogP) is 4.95. The molecule has 0 bridgehead atoms. The first-order chi connectivity index (χ1) is 17.2. The van der Waals surface area contributed by atoms with Gasteiger partial charge in [0.05, 0.1) is 5.69 Å². The van der Waals surface area contributed by atoms with Gasteiger partial charge in [0.25, 0.3) is 5.91 Å². The van der Waals surface area contributed by atoms with Crippen molar-refractivity contribution < 1.29 is 14.4 Å². The van der Waals surface area contributed by atoms with Crippen molar-refractivity contribution in [2.24, 2.45) is 0 Å². The van der Waals surface area contributed by atoms with Gasteiger partial charge in [0.2, 0.25) is 11.8 Å². The van der Waals surface area contributed by atoms with Crippen LogP contribution in [0.15, 0.2) is 66.7 Å². The minimum absolute atomic E-state index is 0.0203. The fraction of sp³-hybridized carbons (Fsp3) is 0.367. The lowest BCUT2D eigenvalue weighted by atomic mass is 10.1. The molecular weight excluding hydrogens is 450 g/mol. The maximum absolute atomic E-state index is 13.4. The summed E-state index contributed by atoms with van der Waals surface area (Å²) in [6.45, 7) is 8.48. The fourth-order valence-corrected chi connectivity index (χ4v) is 4.78. The summed E-state index contributed by atoms with van der Waals surface area (Å²) in [5.74, 6) is -0.265. The number of carbonyl (C=O) groups excluding carboxylic acids is 3. The van der Waals surface area contributed by atoms with Crippen LogP contribution in [0.3, 0.4) is 0 Å². The summed E-state index contributed by atoms with van der Waals surface area (Å²) in [4.78, 5) is 42.8. The van der Waals surface area contributed by atoms with Crippen LogP contribution in [-0.2, 0) is 16.0 Å². The van der Waals surface area contributed by atoms with Gasteiger partial charge < -0.3 is 15.1 Å². The minimum Gasteiger partial charge on any atom is -0.350 e. The molecule has 3 aromatic carbocycles. The summed E-state index contributed by atoms with van der Waals surface area (Å²) in [7, 11) is 0. The molecule has 188 valence electrons. The van der Waals surface area contributed by atoms with Gasteiger partial charge in [-0.3, -0.25) is 14.4 Å². The molecular formula is C30H35N3O3. The second kappa shape index (κ2) is 10.5. The standard InChI is InChI=1S/C30H35N3O3/c1-21(28(35)31-30(2,3)4)32(20-18-22-11-6-5-7-12-22)26(34)17-10-19-33-25-16-9-14-23-13-8-15-24(27(23)25)29(33)36/h5-9,11-16,21H,10,17-20H2,1-4H3,(H,31,35). The highest BCUT2D eigenvalue weighted by atomic mass is 16.2. The molecule has 0 aliphatic carbocycles. The van der Waals surface area contributed by atoms with Gasteiger partial charge in [-0.05, 0) is 63.6 Å². The summed E-state index contributed by atoms with van der Waals surface area (Å²) >= 11 is 0. The number of benzene rings is 3. The van der Waals surface area contributed by atoms with Gasteiger partial charge in [0, 0.05) is 36.0 Å². The van der Waals surface area contributed by atoms with E-state index in [4.69, 9.17) is 0 Å². The second-order valence-corrected chi connectivity index (χ2v) is 10.5. The monoisotopic (exact) mass is 485 g/mol. The Morgan fingerprint density at radius 1 is 0.972 bits per heavy atom. The third-order valence-electron chi connectivity index (χ3n) is 6.57. The van der Waals surface area contributed by atoms with Crippen molar-refractivity contribution in [3.05, 3.63) is 77.9 Å². The van der Waals surface area contributed by atoms with Crippen LogP contribution in [0, 0.1) is 0 Å². The number of hydrogen-bond acceptors (Lipinski definition) is 3. The number of nitrogens with zero attached hydrogens (tertiary/aromatic N) is 2. The SMILES string of the molecule is CC(C(=O)NC(C)(C)C)N(CCc1ccccc1)C(=O)CCCN1C(=O)c2cccc3cccc1c23. The Morgan fingerprint density at radius 3 is 2.36 bits per heavy atom. The summed E-state index contributed by atoms with van der Waals surface area (Å²) < 4.78 is 0. The first-order valence-electron chi connectivity index (χ1n) is 12.6. The molecule has 0 saturated carbocycles. The molecule has 1 N–H and O–H groups in total. The minimum atomic E-state index is -0.591. The van der Waals surface area contributed by atoms with Crippen molar-refractivity contribution in [3.8, 4) is 0 Å². The molecule has 4 rings (SSSR count). The van der Waals surface area contributed by atoms with Gasteiger partial charge in [-0.25, -0.2) is 0 Å². The molecule has 0 radical (unpaired) electrons. The third-order valence-corrected chi connectivity index (χ3v) is 6.57. The topological polar surface area (TPSA) is 69.7 Å². The summed E-state index contributed by atoms with van der Waals surface area (Å²) in [6.07, 6.45) is 1.45. The Kier molecular flexibility index (Phi) is 7.43. The largest absolute Gasteiger partial charge is 0.350 e. The fourth-order valence-electron chi connectivity index (χ4n) is 4.78. The van der Waals surface area contributed by atoms with Crippen molar-refractivity contribution in [3.63, 3.8) is 0 Å². The van der Waals surface area contributed by atoms with E-state index in [1.165, 1.54) is 0 Å². The molecule has 3 aromatic rings. The van der Waals surface area contributed by atoms with Crippen LogP contribution >= 0.6 is 0 Å². The van der Waals surface area contributed by atoms with Crippen molar-refractivity contribution in [1.29, 1.82) is 0 Å². The van der Waals surface area contributed by atoms with Crippen LogP contribution in [0.5, 0.6) is 0 Å². The summed E-state index contributed by atoms with van der Waals surface area (Å²) in [5.41, 5.74) is 2.35. The highest BCUT2D eigenvalue weighted by Crippen LogP contribution is 2.37. The smallest absolute Gasteiger partial charge is 0.258 e. The van der Waals surface area contributed by atoms with Crippen molar-refractivity contribution in [2.75, 3.05) is 18.0 Å². The van der Waals surface area contributed by atoms with Crippen LogP contribution in [0.1, 0.15) is 56.5 Å². The second-order valence-electron chi connectivity index (χ2n) is 10.5. The molecule has 1 aliphatic heterocycles. The van der Waals surface area contributed by atoms with E-state index in [0.29, 0.717) is 31.5 Å². The van der Waals surface area contributed by atoms with E-state index in [0.717, 1.165) is 22.0 Å². The van der Waals surface area contributed by atoms with Crippen molar-refractivity contribution in [2.45, 2.75) is 58.5 Å². The van der Waals surface area contributed by atoms with E-state index in [-0.39, 0.29) is 29.7 Å². The van der Waals surface area contributed by atoms with Crippen LogP contribution in [0.25, 0.3) is 10.8 Å². The van der Waals surface area contributed by atoms with Crippen LogP contribution in [0.2, 0.25) is 0 Å². The Morgan fingerprint density at radius 2 is 1.67 bits per heavy atom. The number of carbonyl (C=O) groups is 3. The molecule has 0 fully saturated rings. The average molecular weight is 486 g/mol. The molecule has 1 aliphatic rings. The van der Waals surface area contributed by atoms with E-state index < -0.39 is 6.04 Å². The van der Waals surface area contributed by atoms with E-state index in [1.54, 1.807) is 16.7 Å². The molecule has 1 atom stereocenters. The van der Waals surface area contributed by atoms with Gasteiger partial charge in [-0.2, -0.15) is 0 Å².